The number of fused-ring (bicyclic) bond motifs is 1. The normalized spacial score (nSPS) is 12.2. The fourth-order valence-electron chi connectivity index (χ4n) is 3.74. The van der Waals surface area contributed by atoms with Crippen molar-refractivity contribution in [3.63, 3.8) is 0 Å². The monoisotopic (exact) mass is 550 g/mol. The predicted octanol–water partition coefficient (Wildman–Crippen LogP) is 5.01. The highest BCUT2D eigenvalue weighted by molar-refractivity contribution is 9.11. The maximum Gasteiger partial charge on any atom is 0.333 e. The van der Waals surface area contributed by atoms with Gasteiger partial charge in [-0.3, -0.25) is 9.36 Å². The number of carbonyl (C=O) groups excluding carboxylic acids is 1. The first-order chi connectivity index (χ1) is 15.8. The van der Waals surface area contributed by atoms with Crippen LogP contribution in [0, 0.1) is 6.92 Å². The average molecular weight is 552 g/mol. The summed E-state index contributed by atoms with van der Waals surface area (Å²) < 4.78 is 14.7. The van der Waals surface area contributed by atoms with Crippen molar-refractivity contribution in [1.82, 2.24) is 9.13 Å². The quantitative estimate of drug-likeness (QED) is 0.386. The molecule has 0 amide bonds. The number of aryl methyl sites for hydroxylation is 3. The highest BCUT2D eigenvalue weighted by Crippen LogP contribution is 2.33. The van der Waals surface area contributed by atoms with Gasteiger partial charge in [0, 0.05) is 6.54 Å². The van der Waals surface area contributed by atoms with Crippen LogP contribution in [0.15, 0.2) is 37.6 Å². The standard InChI is InChI=1S/C25H31BrN2O5S/c1-8-32-17-12-10-9-11-16(17)13-14-27-21-18(15(2)19(26)34-21)20(29)28(23(27)31)25(6,7)22(30)33-24(3,4)5/h9-12H,8,13-14H2,1-7H3. The summed E-state index contributed by atoms with van der Waals surface area (Å²) in [5.41, 5.74) is -1.60. The molecule has 2 heterocycles. The Hall–Kier alpha value is -2.39. The number of halogens is 1. The van der Waals surface area contributed by atoms with Crippen LogP contribution in [0.5, 0.6) is 5.75 Å². The molecule has 0 saturated carbocycles. The fourth-order valence-corrected chi connectivity index (χ4v) is 5.45. The zero-order chi connectivity index (χ0) is 25.4. The number of thiophene rings is 1. The molecule has 0 N–H and O–H groups in total. The summed E-state index contributed by atoms with van der Waals surface area (Å²) in [6, 6.07) is 7.69. The second-order valence-electron chi connectivity index (χ2n) is 9.61. The highest BCUT2D eigenvalue weighted by Gasteiger charge is 2.38. The van der Waals surface area contributed by atoms with Gasteiger partial charge in [-0.2, -0.15) is 0 Å². The number of carbonyl (C=O) groups is 1. The van der Waals surface area contributed by atoms with Crippen LogP contribution in [-0.2, 0) is 28.0 Å². The first-order valence-corrected chi connectivity index (χ1v) is 12.8. The lowest BCUT2D eigenvalue weighted by Gasteiger charge is -2.30. The fraction of sp³-hybridized carbons (Fsp3) is 0.480. The molecule has 1 aromatic carbocycles. The van der Waals surface area contributed by atoms with Crippen molar-refractivity contribution >= 4 is 43.5 Å². The lowest BCUT2D eigenvalue weighted by Crippen LogP contribution is -2.54. The van der Waals surface area contributed by atoms with Crippen molar-refractivity contribution in [3.05, 3.63) is 60.0 Å². The van der Waals surface area contributed by atoms with Gasteiger partial charge in [-0.1, -0.05) is 18.2 Å². The van der Waals surface area contributed by atoms with Gasteiger partial charge in [-0.05, 0) is 88.0 Å². The maximum atomic E-state index is 13.8. The van der Waals surface area contributed by atoms with E-state index in [1.165, 1.54) is 11.3 Å². The van der Waals surface area contributed by atoms with E-state index in [4.69, 9.17) is 9.47 Å². The SMILES string of the molecule is CCOc1ccccc1CCn1c(=O)n(C(C)(C)C(=O)OC(C)(C)C)c(=O)c2c(C)c(Br)sc21. The average Bonchev–Trinajstić information content (AvgIpc) is 3.02. The minimum atomic E-state index is -1.50. The minimum absolute atomic E-state index is 0.316. The number of nitrogens with zero attached hydrogens (tertiary/aromatic N) is 2. The van der Waals surface area contributed by atoms with Gasteiger partial charge in [0.2, 0.25) is 0 Å². The van der Waals surface area contributed by atoms with E-state index in [9.17, 15) is 14.4 Å². The number of benzene rings is 1. The Kier molecular flexibility index (Phi) is 7.48. The highest BCUT2D eigenvalue weighted by atomic mass is 79.9. The first kappa shape index (κ1) is 26.2. The van der Waals surface area contributed by atoms with Crippen molar-refractivity contribution in [2.45, 2.75) is 72.6 Å². The topological polar surface area (TPSA) is 79.5 Å². The summed E-state index contributed by atoms with van der Waals surface area (Å²) in [4.78, 5) is 41.0. The summed E-state index contributed by atoms with van der Waals surface area (Å²) in [6.07, 6.45) is 0.519. The van der Waals surface area contributed by atoms with E-state index in [-0.39, 0.29) is 0 Å². The van der Waals surface area contributed by atoms with Crippen LogP contribution in [0.2, 0.25) is 0 Å². The van der Waals surface area contributed by atoms with Gasteiger partial charge >= 0.3 is 11.7 Å². The molecular formula is C25H31BrN2O5S. The zero-order valence-corrected chi connectivity index (χ0v) is 23.1. The van der Waals surface area contributed by atoms with E-state index in [1.807, 2.05) is 38.1 Å². The summed E-state index contributed by atoms with van der Waals surface area (Å²) in [7, 11) is 0. The molecule has 0 aliphatic heterocycles. The molecule has 34 heavy (non-hydrogen) atoms. The molecule has 7 nitrogen and oxygen atoms in total. The van der Waals surface area contributed by atoms with Crippen LogP contribution in [-0.4, -0.2) is 27.3 Å². The van der Waals surface area contributed by atoms with Gasteiger partial charge in [-0.25, -0.2) is 14.2 Å². The molecule has 9 heteroatoms. The summed E-state index contributed by atoms with van der Waals surface area (Å²) in [5.74, 6) is 0.124. The third-order valence-electron chi connectivity index (χ3n) is 5.49. The summed E-state index contributed by atoms with van der Waals surface area (Å²) >= 11 is 4.86. The molecular weight excluding hydrogens is 520 g/mol. The largest absolute Gasteiger partial charge is 0.494 e. The molecule has 3 aromatic rings. The van der Waals surface area contributed by atoms with E-state index in [0.29, 0.717) is 29.8 Å². The third-order valence-corrected chi connectivity index (χ3v) is 7.67. The van der Waals surface area contributed by atoms with E-state index < -0.39 is 28.4 Å². The van der Waals surface area contributed by atoms with Gasteiger partial charge in [-0.15, -0.1) is 11.3 Å². The minimum Gasteiger partial charge on any atom is -0.494 e. The molecule has 0 aliphatic rings. The zero-order valence-electron chi connectivity index (χ0n) is 20.7. The van der Waals surface area contributed by atoms with Gasteiger partial charge in [0.25, 0.3) is 5.56 Å². The molecule has 0 spiro atoms. The smallest absolute Gasteiger partial charge is 0.333 e. The number of para-hydroxylation sites is 1. The van der Waals surface area contributed by atoms with Crippen LogP contribution < -0.4 is 16.0 Å². The third kappa shape index (κ3) is 5.00. The van der Waals surface area contributed by atoms with Gasteiger partial charge < -0.3 is 9.47 Å². The Bertz CT molecular complexity index is 1340. The number of hydrogen-bond acceptors (Lipinski definition) is 6. The number of aromatic nitrogens is 2. The van der Waals surface area contributed by atoms with Crippen molar-refractivity contribution in [3.8, 4) is 5.75 Å². The van der Waals surface area contributed by atoms with Gasteiger partial charge in [0.1, 0.15) is 21.7 Å². The second kappa shape index (κ2) is 9.70. The molecule has 0 atom stereocenters. The number of ether oxygens (including phenoxy) is 2. The Morgan fingerprint density at radius 2 is 1.76 bits per heavy atom. The van der Waals surface area contributed by atoms with E-state index in [1.54, 1.807) is 39.2 Å². The predicted molar refractivity (Wildman–Crippen MR) is 139 cm³/mol. The Balaban J connectivity index is 2.20. The maximum absolute atomic E-state index is 13.8. The molecule has 0 aliphatic carbocycles. The molecule has 0 saturated heterocycles. The van der Waals surface area contributed by atoms with Crippen LogP contribution >= 0.6 is 27.3 Å². The molecule has 3 rings (SSSR count). The summed E-state index contributed by atoms with van der Waals surface area (Å²) in [6.45, 7) is 12.9. The van der Waals surface area contributed by atoms with E-state index >= 15 is 0 Å². The lowest BCUT2D eigenvalue weighted by atomic mass is 10.0. The number of esters is 1. The molecule has 184 valence electrons. The van der Waals surface area contributed by atoms with Crippen LogP contribution in [0.25, 0.3) is 10.2 Å². The molecule has 0 fully saturated rings. The van der Waals surface area contributed by atoms with Crippen molar-refractivity contribution < 1.29 is 14.3 Å². The van der Waals surface area contributed by atoms with Crippen molar-refractivity contribution in [2.24, 2.45) is 0 Å². The molecule has 0 bridgehead atoms. The van der Waals surface area contributed by atoms with Gasteiger partial charge in [0.05, 0.1) is 15.8 Å². The molecule has 2 aromatic heterocycles. The number of rotatable bonds is 7. The van der Waals surface area contributed by atoms with Crippen LogP contribution in [0.1, 0.15) is 52.7 Å². The molecule has 0 radical (unpaired) electrons. The van der Waals surface area contributed by atoms with Crippen molar-refractivity contribution in [1.29, 1.82) is 0 Å². The van der Waals surface area contributed by atoms with E-state index in [0.717, 1.165) is 25.2 Å². The van der Waals surface area contributed by atoms with E-state index in [2.05, 4.69) is 15.9 Å². The second-order valence-corrected chi connectivity index (χ2v) is 11.9. The van der Waals surface area contributed by atoms with Crippen LogP contribution in [0.4, 0.5) is 0 Å². The summed E-state index contributed by atoms with van der Waals surface area (Å²) in [5, 5.41) is 0.422. The Morgan fingerprint density at radius 1 is 1.12 bits per heavy atom. The Morgan fingerprint density at radius 3 is 2.38 bits per heavy atom. The first-order valence-electron chi connectivity index (χ1n) is 11.2. The number of hydrogen-bond donors (Lipinski definition) is 0. The molecule has 0 unspecified atom stereocenters. The Labute approximate surface area is 211 Å². The lowest BCUT2D eigenvalue weighted by molar-refractivity contribution is -0.164. The van der Waals surface area contributed by atoms with Gasteiger partial charge in [0.15, 0.2) is 0 Å². The van der Waals surface area contributed by atoms with Crippen molar-refractivity contribution in [2.75, 3.05) is 6.61 Å². The van der Waals surface area contributed by atoms with Crippen LogP contribution in [0.3, 0.4) is 0 Å².